The number of nitrogens with two attached hydrogens (primary N) is 1. The third kappa shape index (κ3) is 7.95. The number of fused-ring (bicyclic) bond motifs is 4. The highest BCUT2D eigenvalue weighted by atomic mass is 32.2. The van der Waals surface area contributed by atoms with Gasteiger partial charge in [-0.3, -0.25) is 9.79 Å². The van der Waals surface area contributed by atoms with Crippen LogP contribution in [-0.4, -0.2) is 68.3 Å². The van der Waals surface area contributed by atoms with Crippen LogP contribution < -0.4 is 25.8 Å². The molecule has 2 aliphatic rings. The molecule has 1 heterocycles. The summed E-state index contributed by atoms with van der Waals surface area (Å²) in [5, 5.41) is 14.6. The van der Waals surface area contributed by atoms with Crippen molar-refractivity contribution in [2.75, 3.05) is 13.2 Å². The summed E-state index contributed by atoms with van der Waals surface area (Å²) in [4.78, 5) is 41.6. The van der Waals surface area contributed by atoms with Crippen molar-refractivity contribution >= 4 is 34.0 Å². The lowest BCUT2D eigenvalue weighted by molar-refractivity contribution is -0.142. The SMILES string of the molecule is Cc1c(C)c(S(=O)(=O)NC(N)=NCCC[C@@H](NC(=O)[C@@H](C)NC(=O)OCC2c3ccccc3-c3ccccc32)C(=O)O)c(C)c2c1OC(C)(C)C2. The van der Waals surface area contributed by atoms with Gasteiger partial charge in [0.05, 0.1) is 4.90 Å². The average Bonchev–Trinajstić information content (AvgIpc) is 3.57. The van der Waals surface area contributed by atoms with Gasteiger partial charge in [-0.05, 0) is 93.3 Å². The van der Waals surface area contributed by atoms with E-state index >= 15 is 0 Å². The number of hydrogen-bond acceptors (Lipinski definition) is 8. The molecule has 0 bridgehead atoms. The number of sulfonamides is 1. The quantitative estimate of drug-likeness (QED) is 0.103. The molecule has 2 amide bonds. The predicted octanol–water partition coefficient (Wildman–Crippen LogP) is 4.20. The van der Waals surface area contributed by atoms with Gasteiger partial charge in [-0.25, -0.2) is 22.7 Å². The second-order valence-electron chi connectivity index (χ2n) is 13.7. The van der Waals surface area contributed by atoms with Crippen LogP contribution in [0.25, 0.3) is 11.1 Å². The molecule has 5 rings (SSSR count). The number of carbonyl (C=O) groups excluding carboxylic acids is 2. The highest BCUT2D eigenvalue weighted by molar-refractivity contribution is 7.90. The zero-order chi connectivity index (χ0) is 37.2. The van der Waals surface area contributed by atoms with E-state index in [2.05, 4.69) is 20.3 Å². The number of ether oxygens (including phenoxy) is 2. The molecule has 13 nitrogen and oxygen atoms in total. The van der Waals surface area contributed by atoms with Crippen molar-refractivity contribution in [3.63, 3.8) is 0 Å². The van der Waals surface area contributed by atoms with Gasteiger partial charge in [0, 0.05) is 24.4 Å². The molecule has 0 unspecified atom stereocenters. The Labute approximate surface area is 298 Å². The number of nitrogens with one attached hydrogen (secondary N) is 3. The van der Waals surface area contributed by atoms with E-state index in [0.29, 0.717) is 23.3 Å². The molecule has 0 aromatic heterocycles. The van der Waals surface area contributed by atoms with Crippen molar-refractivity contribution in [1.82, 2.24) is 15.4 Å². The lowest BCUT2D eigenvalue weighted by atomic mass is 9.94. The summed E-state index contributed by atoms with van der Waals surface area (Å²) in [6.07, 6.45) is -0.111. The summed E-state index contributed by atoms with van der Waals surface area (Å²) in [6.45, 7) is 10.6. The third-order valence-corrected chi connectivity index (χ3v) is 11.0. The van der Waals surface area contributed by atoms with Crippen molar-refractivity contribution in [3.05, 3.63) is 81.9 Å². The fraction of sp³-hybridized carbons (Fsp3) is 0.405. The predicted molar refractivity (Wildman–Crippen MR) is 192 cm³/mol. The number of nitrogens with zero attached hydrogens (tertiary/aromatic N) is 1. The molecular weight excluding hydrogens is 675 g/mol. The summed E-state index contributed by atoms with van der Waals surface area (Å²) in [5.74, 6) is -1.79. The minimum absolute atomic E-state index is 0.00916. The Balaban J connectivity index is 1.11. The lowest BCUT2D eigenvalue weighted by Gasteiger charge is -2.19. The molecule has 0 saturated heterocycles. The Morgan fingerprint density at radius 2 is 1.61 bits per heavy atom. The average molecular weight is 720 g/mol. The molecule has 0 spiro atoms. The molecule has 3 aromatic rings. The Hall–Kier alpha value is -5.11. The van der Waals surface area contributed by atoms with Crippen molar-refractivity contribution in [3.8, 4) is 16.9 Å². The van der Waals surface area contributed by atoms with Gasteiger partial charge in [0.1, 0.15) is 30.0 Å². The summed E-state index contributed by atoms with van der Waals surface area (Å²) >= 11 is 0. The van der Waals surface area contributed by atoms with Gasteiger partial charge in [0.2, 0.25) is 11.9 Å². The highest BCUT2D eigenvalue weighted by Crippen LogP contribution is 2.45. The number of rotatable bonds is 12. The Morgan fingerprint density at radius 1 is 1.00 bits per heavy atom. The van der Waals surface area contributed by atoms with E-state index in [1.54, 1.807) is 13.8 Å². The number of benzene rings is 3. The number of alkyl carbamates (subject to hydrolysis) is 1. The first kappa shape index (κ1) is 37.2. The number of amides is 2. The van der Waals surface area contributed by atoms with Crippen LogP contribution in [0.3, 0.4) is 0 Å². The standard InChI is InChI=1S/C37H45N5O8S/c1-20-21(2)32(22(3)28-18-37(5,6)50-31(20)28)51(47,48)42-35(38)39-17-11-16-30(34(44)45)41-33(43)23(4)40-36(46)49-19-29-26-14-9-7-12-24(26)25-13-8-10-15-27(25)29/h7-10,12-15,23,29-30H,11,16-19H2,1-6H3,(H,40,46)(H,41,43)(H,44,45)(H3,38,39,42)/t23-,30-/m1/s1. The van der Waals surface area contributed by atoms with Crippen LogP contribution >= 0.6 is 0 Å². The van der Waals surface area contributed by atoms with Gasteiger partial charge in [-0.1, -0.05) is 48.5 Å². The molecule has 51 heavy (non-hydrogen) atoms. The smallest absolute Gasteiger partial charge is 0.407 e. The summed E-state index contributed by atoms with van der Waals surface area (Å²) < 4.78 is 40.7. The van der Waals surface area contributed by atoms with E-state index < -0.39 is 45.7 Å². The van der Waals surface area contributed by atoms with E-state index in [1.807, 2.05) is 69.3 Å². The number of carbonyl (C=O) groups is 3. The maximum absolute atomic E-state index is 13.4. The fourth-order valence-corrected chi connectivity index (χ4v) is 8.32. The molecule has 2 atom stereocenters. The molecule has 3 aromatic carbocycles. The van der Waals surface area contributed by atoms with E-state index in [1.165, 1.54) is 6.92 Å². The van der Waals surface area contributed by atoms with E-state index in [4.69, 9.17) is 15.2 Å². The van der Waals surface area contributed by atoms with Crippen LogP contribution in [0.2, 0.25) is 0 Å². The van der Waals surface area contributed by atoms with Crippen LogP contribution in [-0.2, 0) is 30.8 Å². The Bertz CT molecular complexity index is 1960. The maximum Gasteiger partial charge on any atom is 0.407 e. The van der Waals surface area contributed by atoms with Crippen LogP contribution in [0.5, 0.6) is 5.75 Å². The van der Waals surface area contributed by atoms with Gasteiger partial charge in [-0.2, -0.15) is 0 Å². The molecule has 0 fully saturated rings. The van der Waals surface area contributed by atoms with Gasteiger partial charge >= 0.3 is 12.1 Å². The van der Waals surface area contributed by atoms with Crippen LogP contribution in [0.4, 0.5) is 4.79 Å². The number of carboxylic acid groups (broad SMARTS) is 1. The second kappa shape index (κ2) is 14.6. The third-order valence-electron chi connectivity index (χ3n) is 9.42. The molecule has 0 radical (unpaired) electrons. The highest BCUT2D eigenvalue weighted by Gasteiger charge is 2.37. The van der Waals surface area contributed by atoms with Gasteiger partial charge in [0.25, 0.3) is 10.0 Å². The number of hydrogen-bond donors (Lipinski definition) is 5. The van der Waals surface area contributed by atoms with Crippen molar-refractivity contribution in [2.24, 2.45) is 10.7 Å². The maximum atomic E-state index is 13.4. The van der Waals surface area contributed by atoms with Gasteiger partial charge < -0.3 is 30.9 Å². The van der Waals surface area contributed by atoms with Crippen molar-refractivity contribution in [2.45, 2.75) is 89.3 Å². The number of aliphatic imine (C=N–C) groups is 1. The molecule has 0 saturated carbocycles. The molecule has 1 aliphatic carbocycles. The zero-order valence-electron chi connectivity index (χ0n) is 29.6. The molecule has 6 N–H and O–H groups in total. The summed E-state index contributed by atoms with van der Waals surface area (Å²) in [7, 11) is -4.10. The largest absolute Gasteiger partial charge is 0.487 e. The van der Waals surface area contributed by atoms with Crippen LogP contribution in [0, 0.1) is 20.8 Å². The number of guanidine groups is 1. The van der Waals surface area contributed by atoms with Crippen molar-refractivity contribution < 1.29 is 37.4 Å². The lowest BCUT2D eigenvalue weighted by Crippen LogP contribution is -2.50. The molecule has 14 heteroatoms. The first-order valence-corrected chi connectivity index (χ1v) is 18.3. The van der Waals surface area contributed by atoms with Crippen molar-refractivity contribution in [1.29, 1.82) is 0 Å². The van der Waals surface area contributed by atoms with Crippen LogP contribution in [0.1, 0.15) is 72.9 Å². The molecule has 1 aliphatic heterocycles. The van der Waals surface area contributed by atoms with E-state index in [9.17, 15) is 27.9 Å². The molecular formula is C37H45N5O8S. The van der Waals surface area contributed by atoms with Gasteiger partial charge in [-0.15, -0.1) is 0 Å². The Morgan fingerprint density at radius 3 is 2.22 bits per heavy atom. The first-order chi connectivity index (χ1) is 24.0. The zero-order valence-corrected chi connectivity index (χ0v) is 30.4. The van der Waals surface area contributed by atoms with Crippen LogP contribution in [0.15, 0.2) is 58.4 Å². The second-order valence-corrected chi connectivity index (χ2v) is 15.3. The van der Waals surface area contributed by atoms with E-state index in [0.717, 1.165) is 33.4 Å². The Kier molecular flexibility index (Phi) is 10.7. The summed E-state index contributed by atoms with van der Waals surface area (Å²) in [6, 6.07) is 13.4. The minimum Gasteiger partial charge on any atom is -0.487 e. The minimum atomic E-state index is -4.10. The molecule has 272 valence electrons. The normalized spacial score (nSPS) is 15.8. The topological polar surface area (TPSA) is 199 Å². The van der Waals surface area contributed by atoms with E-state index in [-0.39, 0.29) is 42.8 Å². The number of carboxylic acids is 1. The number of aliphatic carboxylic acids is 1. The van der Waals surface area contributed by atoms with Gasteiger partial charge in [0.15, 0.2) is 0 Å². The first-order valence-electron chi connectivity index (χ1n) is 16.8. The summed E-state index contributed by atoms with van der Waals surface area (Å²) in [5.41, 5.74) is 12.5. The fourth-order valence-electron chi connectivity index (χ4n) is 6.80. The monoisotopic (exact) mass is 719 g/mol.